The molecular formula is C24H32N6O3. The monoisotopic (exact) mass is 452 g/mol. The first-order valence-corrected chi connectivity index (χ1v) is 11.3. The van der Waals surface area contributed by atoms with Crippen molar-refractivity contribution < 1.29 is 14.3 Å². The molecule has 9 heteroatoms. The number of nitrogens with zero attached hydrogens (tertiary/aromatic N) is 3. The van der Waals surface area contributed by atoms with Gasteiger partial charge in [0.25, 0.3) is 0 Å². The van der Waals surface area contributed by atoms with Gasteiger partial charge in [0.15, 0.2) is 0 Å². The van der Waals surface area contributed by atoms with Crippen LogP contribution in [0.5, 0.6) is 0 Å². The van der Waals surface area contributed by atoms with E-state index < -0.39 is 11.7 Å². The lowest BCUT2D eigenvalue weighted by Crippen LogP contribution is -2.43. The number of aromatic nitrogens is 2. The second-order valence-corrected chi connectivity index (χ2v) is 9.75. The van der Waals surface area contributed by atoms with E-state index in [0.29, 0.717) is 23.8 Å². The van der Waals surface area contributed by atoms with E-state index in [0.717, 1.165) is 30.0 Å². The quantitative estimate of drug-likeness (QED) is 0.615. The average molecular weight is 453 g/mol. The second-order valence-electron chi connectivity index (χ2n) is 9.75. The van der Waals surface area contributed by atoms with Crippen molar-refractivity contribution >= 4 is 34.4 Å². The minimum absolute atomic E-state index is 0.107. The topological polar surface area (TPSA) is 129 Å². The fourth-order valence-electron chi connectivity index (χ4n) is 3.92. The summed E-state index contributed by atoms with van der Waals surface area (Å²) in [5.41, 5.74) is -0.265. The Kier molecular flexibility index (Phi) is 7.36. The van der Waals surface area contributed by atoms with Crippen LogP contribution >= 0.6 is 0 Å². The zero-order valence-electron chi connectivity index (χ0n) is 19.9. The van der Waals surface area contributed by atoms with Gasteiger partial charge < -0.3 is 20.7 Å². The molecule has 3 N–H and O–H groups in total. The van der Waals surface area contributed by atoms with Gasteiger partial charge in [-0.25, -0.2) is 14.8 Å². The first kappa shape index (κ1) is 24.2. The van der Waals surface area contributed by atoms with Gasteiger partial charge in [-0.3, -0.25) is 4.79 Å². The summed E-state index contributed by atoms with van der Waals surface area (Å²) < 4.78 is 5.34. The van der Waals surface area contributed by atoms with Crippen molar-refractivity contribution in [3.8, 4) is 6.07 Å². The Morgan fingerprint density at radius 2 is 2.00 bits per heavy atom. The lowest BCUT2D eigenvalue weighted by molar-refractivity contribution is -0.121. The number of nitriles is 1. The highest BCUT2D eigenvalue weighted by atomic mass is 16.6. The second kappa shape index (κ2) is 10.0. The molecule has 3 rings (SSSR count). The fourth-order valence-corrected chi connectivity index (χ4v) is 3.92. The minimum atomic E-state index is -0.566. The number of carbonyl (C=O) groups excluding carboxylic acids is 2. The number of alkyl carbamates (subject to hydrolysis) is 1. The number of nitrogens with one attached hydrogen (secondary N) is 3. The molecule has 1 saturated carbocycles. The first-order valence-electron chi connectivity index (χ1n) is 11.3. The van der Waals surface area contributed by atoms with E-state index in [2.05, 4.69) is 32.0 Å². The lowest BCUT2D eigenvalue weighted by Gasteiger charge is -2.30. The van der Waals surface area contributed by atoms with Gasteiger partial charge in [0, 0.05) is 35.0 Å². The summed E-state index contributed by atoms with van der Waals surface area (Å²) in [4.78, 5) is 33.8. The molecule has 0 aliphatic heterocycles. The van der Waals surface area contributed by atoms with Crippen molar-refractivity contribution in [1.82, 2.24) is 15.3 Å². The summed E-state index contributed by atoms with van der Waals surface area (Å²) in [6.07, 6.45) is 4.12. The van der Waals surface area contributed by atoms with Crippen molar-refractivity contribution in [1.29, 1.82) is 5.26 Å². The molecule has 2 amide bonds. The first-order chi connectivity index (χ1) is 15.5. The van der Waals surface area contributed by atoms with Crippen LogP contribution in [0.1, 0.15) is 66.0 Å². The number of ether oxygens (including phenoxy) is 1. The molecule has 0 aromatic carbocycles. The van der Waals surface area contributed by atoms with Gasteiger partial charge in [-0.1, -0.05) is 6.42 Å². The van der Waals surface area contributed by atoms with Crippen LogP contribution in [-0.4, -0.2) is 39.7 Å². The van der Waals surface area contributed by atoms with Gasteiger partial charge in [0.05, 0.1) is 0 Å². The van der Waals surface area contributed by atoms with Crippen LogP contribution in [0, 0.1) is 17.2 Å². The summed E-state index contributed by atoms with van der Waals surface area (Å²) in [7, 11) is 0. The Morgan fingerprint density at radius 1 is 1.24 bits per heavy atom. The predicted molar refractivity (Wildman–Crippen MR) is 127 cm³/mol. The van der Waals surface area contributed by atoms with Gasteiger partial charge in [-0.15, -0.1) is 0 Å². The van der Waals surface area contributed by atoms with Crippen LogP contribution in [0.4, 0.5) is 16.4 Å². The molecule has 33 heavy (non-hydrogen) atoms. The molecule has 9 nitrogen and oxygen atoms in total. The Labute approximate surface area is 194 Å². The maximum atomic E-state index is 13.0. The zero-order chi connectivity index (χ0) is 24.2. The molecule has 0 bridgehead atoms. The number of fused-ring (bicyclic) bond motifs is 1. The smallest absolute Gasteiger partial charge is 0.407 e. The highest BCUT2D eigenvalue weighted by Crippen LogP contribution is 2.28. The highest BCUT2D eigenvalue weighted by Gasteiger charge is 2.29. The molecule has 0 spiro atoms. The number of hydrogen-bond donors (Lipinski definition) is 3. The van der Waals surface area contributed by atoms with Gasteiger partial charge >= 0.3 is 6.09 Å². The van der Waals surface area contributed by atoms with E-state index in [4.69, 9.17) is 4.74 Å². The highest BCUT2D eigenvalue weighted by molar-refractivity contribution is 5.97. The number of hydrogen-bond acceptors (Lipinski definition) is 7. The molecule has 1 aliphatic rings. The average Bonchev–Trinajstić information content (AvgIpc) is 2.72. The third-order valence-electron chi connectivity index (χ3n) is 5.27. The summed E-state index contributed by atoms with van der Waals surface area (Å²) in [5, 5.41) is 19.8. The van der Waals surface area contributed by atoms with Crippen molar-refractivity contribution in [2.75, 3.05) is 10.6 Å². The summed E-state index contributed by atoms with van der Waals surface area (Å²) >= 11 is 0. The molecule has 0 radical (unpaired) electrons. The molecule has 176 valence electrons. The van der Waals surface area contributed by atoms with Crippen LogP contribution < -0.4 is 16.0 Å². The van der Waals surface area contributed by atoms with Crippen molar-refractivity contribution in [3.05, 3.63) is 24.0 Å². The van der Waals surface area contributed by atoms with Crippen LogP contribution in [0.2, 0.25) is 0 Å². The largest absolute Gasteiger partial charge is 0.444 e. The fraction of sp³-hybridized carbons (Fsp3) is 0.542. The van der Waals surface area contributed by atoms with Gasteiger partial charge in [0.2, 0.25) is 5.91 Å². The normalized spacial score (nSPS) is 18.5. The Morgan fingerprint density at radius 3 is 2.67 bits per heavy atom. The molecule has 1 fully saturated rings. The number of rotatable bonds is 5. The molecule has 2 atom stereocenters. The molecule has 0 unspecified atom stereocenters. The maximum absolute atomic E-state index is 13.0. The third kappa shape index (κ3) is 6.78. The zero-order valence-corrected chi connectivity index (χ0v) is 19.9. The Hall–Kier alpha value is -3.41. The minimum Gasteiger partial charge on any atom is -0.444 e. The van der Waals surface area contributed by atoms with Crippen LogP contribution in [0.25, 0.3) is 10.8 Å². The van der Waals surface area contributed by atoms with Crippen molar-refractivity contribution in [2.24, 2.45) is 5.92 Å². The van der Waals surface area contributed by atoms with E-state index in [1.54, 1.807) is 18.3 Å². The van der Waals surface area contributed by atoms with Gasteiger partial charge in [0.1, 0.15) is 29.0 Å². The number of pyridine rings is 2. The molecule has 1 aliphatic carbocycles. The molecular weight excluding hydrogens is 420 g/mol. The predicted octanol–water partition coefficient (Wildman–Crippen LogP) is 4.34. The molecule has 2 aromatic heterocycles. The molecule has 2 heterocycles. The van der Waals surface area contributed by atoms with Gasteiger partial charge in [-0.2, -0.15) is 5.26 Å². The van der Waals surface area contributed by atoms with Crippen molar-refractivity contribution in [2.45, 2.75) is 78.0 Å². The number of anilines is 2. The van der Waals surface area contributed by atoms with E-state index >= 15 is 0 Å². The summed E-state index contributed by atoms with van der Waals surface area (Å²) in [6, 6.07) is 5.52. The summed E-state index contributed by atoms with van der Waals surface area (Å²) in [6.45, 7) is 9.43. The van der Waals surface area contributed by atoms with Crippen LogP contribution in [0.3, 0.4) is 0 Å². The Balaban J connectivity index is 1.71. The van der Waals surface area contributed by atoms with Gasteiger partial charge in [-0.05, 0) is 66.0 Å². The number of amides is 2. The Bertz CT molecular complexity index is 1070. The maximum Gasteiger partial charge on any atom is 0.407 e. The summed E-state index contributed by atoms with van der Waals surface area (Å²) in [5.74, 6) is 0.644. The van der Waals surface area contributed by atoms with E-state index in [9.17, 15) is 14.9 Å². The van der Waals surface area contributed by atoms with E-state index in [1.165, 1.54) is 0 Å². The third-order valence-corrected chi connectivity index (χ3v) is 5.27. The van der Waals surface area contributed by atoms with Crippen LogP contribution in [0.15, 0.2) is 18.3 Å². The number of carbonyl (C=O) groups is 2. The molecule has 2 aromatic rings. The van der Waals surface area contributed by atoms with E-state index in [-0.39, 0.29) is 23.9 Å². The van der Waals surface area contributed by atoms with Crippen molar-refractivity contribution in [3.63, 3.8) is 0 Å². The standard InChI is InChI=1S/C24H32N6O3/c1-14(2)27-21-19-11-20(26-13-16(19)10-18(12-25)28-21)30-22(31)15-7-6-8-17(9-15)29-23(32)33-24(3,4)5/h10-11,13-15,17H,6-9H2,1-5H3,(H,27,28)(H,29,32)(H,26,30,31)/t15-,17-/m0/s1. The van der Waals surface area contributed by atoms with Crippen LogP contribution in [-0.2, 0) is 9.53 Å². The SMILES string of the molecule is CC(C)Nc1nc(C#N)cc2cnc(NC(=O)[C@H]3CCC[C@H](NC(=O)OC(C)(C)C)C3)cc12. The van der Waals surface area contributed by atoms with E-state index in [1.807, 2.05) is 34.6 Å². The lowest BCUT2D eigenvalue weighted by atomic mass is 9.85. The molecule has 0 saturated heterocycles.